The van der Waals surface area contributed by atoms with Gasteiger partial charge in [-0.15, -0.1) is 0 Å². The maximum Gasteiger partial charge on any atom is 0.480 e. The molecule has 0 aromatic heterocycles. The molecule has 16 heteroatoms. The topological polar surface area (TPSA) is 109 Å². The molecule has 0 rings (SSSR count). The molecule has 0 saturated heterocycles. The highest BCUT2D eigenvalue weighted by atomic mass is 32.3. The van der Waals surface area contributed by atoms with E-state index in [1.165, 1.54) is 32.2 Å². The molecule has 34 heavy (non-hydrogen) atoms. The SMILES string of the molecule is C=C(C)C(=O)OCCCC[N+](C)(C)CCCCCC.O=S(=O)([N-]S(=O)(=O)C(F)(F)F)C(F)(F)F. The number of ether oxygens (including phenoxy) is 1. The van der Waals surface area contributed by atoms with Crippen LogP contribution in [0.25, 0.3) is 4.13 Å². The lowest BCUT2D eigenvalue weighted by Crippen LogP contribution is -2.41. The summed E-state index contributed by atoms with van der Waals surface area (Å²) < 4.78 is 115. The number of nitrogens with zero attached hydrogens (tertiary/aromatic N) is 2. The average Bonchev–Trinajstić information content (AvgIpc) is 2.62. The van der Waals surface area contributed by atoms with E-state index >= 15 is 0 Å². The molecule has 0 saturated carbocycles. The molecule has 0 aliphatic carbocycles. The van der Waals surface area contributed by atoms with Crippen LogP contribution in [0.5, 0.6) is 0 Å². The third kappa shape index (κ3) is 14.8. The monoisotopic (exact) mass is 550 g/mol. The summed E-state index contributed by atoms with van der Waals surface area (Å²) >= 11 is 0. The molecule has 0 aliphatic rings. The molecule has 0 N–H and O–H groups in total. The summed E-state index contributed by atoms with van der Waals surface area (Å²) in [5, 5.41) is 0. The summed E-state index contributed by atoms with van der Waals surface area (Å²) in [7, 11) is -8.88. The summed E-state index contributed by atoms with van der Waals surface area (Å²) in [4.78, 5) is 11.2. The summed E-state index contributed by atoms with van der Waals surface area (Å²) in [6.07, 6.45) is 7.33. The van der Waals surface area contributed by atoms with Crippen LogP contribution in [0.3, 0.4) is 0 Å². The number of esters is 1. The van der Waals surface area contributed by atoms with Gasteiger partial charge >= 0.3 is 17.0 Å². The van der Waals surface area contributed by atoms with Crippen molar-refractivity contribution in [2.45, 2.75) is 63.4 Å². The smallest absolute Gasteiger partial charge is 0.462 e. The molecule has 0 unspecified atom stereocenters. The fourth-order valence-electron chi connectivity index (χ4n) is 2.22. The van der Waals surface area contributed by atoms with Crippen LogP contribution in [0.2, 0.25) is 0 Å². The number of hydrogen-bond acceptors (Lipinski definition) is 6. The van der Waals surface area contributed by atoms with E-state index < -0.39 is 31.1 Å². The normalized spacial score (nSPS) is 13.1. The van der Waals surface area contributed by atoms with Crippen LogP contribution >= 0.6 is 0 Å². The van der Waals surface area contributed by atoms with Crippen LogP contribution in [0, 0.1) is 0 Å². The maximum absolute atomic E-state index is 11.4. The number of alkyl halides is 6. The Hall–Kier alpha value is -1.39. The lowest BCUT2D eigenvalue weighted by atomic mass is 10.2. The molecular weight excluding hydrogens is 518 g/mol. The molecule has 0 atom stereocenters. The van der Waals surface area contributed by atoms with Crippen molar-refractivity contribution in [3.8, 4) is 0 Å². The fourth-order valence-corrected chi connectivity index (χ4v) is 3.93. The van der Waals surface area contributed by atoms with Crippen molar-refractivity contribution < 1.29 is 57.2 Å². The van der Waals surface area contributed by atoms with Gasteiger partial charge in [-0.25, -0.2) is 21.6 Å². The molecule has 0 bridgehead atoms. The van der Waals surface area contributed by atoms with Crippen molar-refractivity contribution >= 4 is 26.0 Å². The van der Waals surface area contributed by atoms with Crippen molar-refractivity contribution in [3.05, 3.63) is 16.3 Å². The number of rotatable bonds is 13. The van der Waals surface area contributed by atoms with E-state index in [1.54, 1.807) is 6.92 Å². The second-order valence-corrected chi connectivity index (χ2v) is 11.4. The first-order chi connectivity index (χ1) is 15.1. The summed E-state index contributed by atoms with van der Waals surface area (Å²) in [5.41, 5.74) is -11.9. The van der Waals surface area contributed by atoms with Crippen molar-refractivity contribution in [2.24, 2.45) is 0 Å². The Bertz CT molecular complexity index is 811. The van der Waals surface area contributed by atoms with Crippen LogP contribution in [-0.4, -0.2) is 72.1 Å². The first-order valence-electron chi connectivity index (χ1n) is 10.1. The number of halogens is 6. The third-order valence-corrected chi connectivity index (χ3v) is 6.88. The van der Waals surface area contributed by atoms with E-state index in [-0.39, 0.29) is 5.97 Å². The minimum absolute atomic E-state index is 0.270. The fraction of sp³-hybridized carbons (Fsp3) is 0.833. The summed E-state index contributed by atoms with van der Waals surface area (Å²) in [6.45, 7) is 10.4. The maximum atomic E-state index is 11.4. The zero-order valence-electron chi connectivity index (χ0n) is 19.5. The van der Waals surface area contributed by atoms with Crippen LogP contribution in [-0.2, 0) is 29.6 Å². The van der Waals surface area contributed by atoms with E-state index in [9.17, 15) is 48.0 Å². The molecule has 0 aromatic carbocycles. The van der Waals surface area contributed by atoms with E-state index in [4.69, 9.17) is 4.74 Å². The van der Waals surface area contributed by atoms with Crippen LogP contribution < -0.4 is 0 Å². The van der Waals surface area contributed by atoms with Crippen molar-refractivity contribution in [1.29, 1.82) is 0 Å². The van der Waals surface area contributed by atoms with Gasteiger partial charge in [0.1, 0.15) is 0 Å². The second kappa shape index (κ2) is 14.2. The van der Waals surface area contributed by atoms with Gasteiger partial charge in [-0.05, 0) is 32.6 Å². The van der Waals surface area contributed by atoms with E-state index in [0.717, 1.165) is 28.0 Å². The van der Waals surface area contributed by atoms with E-state index in [1.807, 2.05) is 0 Å². The number of hydrogen-bond donors (Lipinski definition) is 0. The minimum Gasteiger partial charge on any atom is -0.462 e. The number of unbranched alkanes of at least 4 members (excludes halogenated alkanes) is 4. The second-order valence-electron chi connectivity index (χ2n) is 7.98. The number of carbonyl (C=O) groups is 1. The van der Waals surface area contributed by atoms with Gasteiger partial charge < -0.3 is 13.3 Å². The van der Waals surface area contributed by atoms with Crippen LogP contribution in [0.1, 0.15) is 52.4 Å². The Labute approximate surface area is 197 Å². The van der Waals surface area contributed by atoms with Crippen molar-refractivity contribution in [2.75, 3.05) is 33.8 Å². The lowest BCUT2D eigenvalue weighted by Gasteiger charge is -2.29. The Morgan fingerprint density at radius 3 is 1.62 bits per heavy atom. The largest absolute Gasteiger partial charge is 0.480 e. The van der Waals surface area contributed by atoms with Crippen LogP contribution in [0.15, 0.2) is 12.2 Å². The molecule has 8 nitrogen and oxygen atoms in total. The third-order valence-electron chi connectivity index (χ3n) is 4.14. The molecule has 0 aliphatic heterocycles. The Kier molecular flexibility index (Phi) is 14.6. The highest BCUT2D eigenvalue weighted by molar-refractivity contribution is 8.13. The molecule has 0 radical (unpaired) electrons. The molecule has 0 spiro atoms. The van der Waals surface area contributed by atoms with Gasteiger partial charge in [-0.1, -0.05) is 26.3 Å². The van der Waals surface area contributed by atoms with Gasteiger partial charge in [0.25, 0.3) is 0 Å². The standard InChI is InChI=1S/C16H32NO2.C2F6NO4S2/c1-6-7-8-9-12-17(4,5)13-10-11-14-19-16(18)15(2)3;3-1(4,5)14(10,11)9-15(12,13)2(6,7)8/h2,6-14H2,1,3-5H3;/q+1;-1. The van der Waals surface area contributed by atoms with Crippen LogP contribution in [0.4, 0.5) is 26.3 Å². The average molecular weight is 551 g/mol. The molecule has 0 heterocycles. The Balaban J connectivity index is 0. The minimum atomic E-state index is -6.72. The lowest BCUT2D eigenvalue weighted by molar-refractivity contribution is -0.890. The molecule has 0 amide bonds. The molecule has 0 aromatic rings. The zero-order valence-corrected chi connectivity index (χ0v) is 21.1. The van der Waals surface area contributed by atoms with E-state index in [2.05, 4.69) is 27.6 Å². The highest BCUT2D eigenvalue weighted by Crippen LogP contribution is 2.36. The predicted molar refractivity (Wildman–Crippen MR) is 114 cm³/mol. The number of carbonyl (C=O) groups excluding carboxylic acids is 1. The van der Waals surface area contributed by atoms with Gasteiger partial charge in [0.05, 0.1) is 33.8 Å². The van der Waals surface area contributed by atoms with Gasteiger partial charge in [-0.2, -0.15) is 26.3 Å². The highest BCUT2D eigenvalue weighted by Gasteiger charge is 2.46. The first-order valence-corrected chi connectivity index (χ1v) is 13.0. The van der Waals surface area contributed by atoms with E-state index in [0.29, 0.717) is 12.2 Å². The van der Waals surface area contributed by atoms with Crippen molar-refractivity contribution in [1.82, 2.24) is 0 Å². The Morgan fingerprint density at radius 1 is 0.853 bits per heavy atom. The zero-order chi connectivity index (χ0) is 27.4. The quantitative estimate of drug-likeness (QED) is 0.109. The Morgan fingerprint density at radius 2 is 1.26 bits per heavy atom. The number of sulfonamides is 2. The van der Waals surface area contributed by atoms with Gasteiger partial charge in [0, 0.05) is 5.57 Å². The van der Waals surface area contributed by atoms with Gasteiger partial charge in [-0.3, -0.25) is 0 Å². The predicted octanol–water partition coefficient (Wildman–Crippen LogP) is 4.60. The molecule has 204 valence electrons. The molecular formula is C18H32F6N2O6S2. The van der Waals surface area contributed by atoms with Gasteiger partial charge in [0.15, 0.2) is 20.0 Å². The molecule has 0 fully saturated rings. The summed E-state index contributed by atoms with van der Waals surface area (Å²) in [6, 6.07) is 0. The summed E-state index contributed by atoms with van der Waals surface area (Å²) in [5.74, 6) is -0.270. The number of quaternary nitrogens is 1. The van der Waals surface area contributed by atoms with Crippen molar-refractivity contribution in [3.63, 3.8) is 0 Å². The first kappa shape index (κ1) is 34.8. The van der Waals surface area contributed by atoms with Gasteiger partial charge in [0.2, 0.25) is 0 Å².